The number of nitrogens with zero attached hydrogens (tertiary/aromatic N) is 2. The molecule has 2 rings (SSSR count). The van der Waals surface area contributed by atoms with Crippen LogP contribution < -0.4 is 5.32 Å². The molecule has 0 spiro atoms. The van der Waals surface area contributed by atoms with E-state index < -0.39 is 23.8 Å². The fourth-order valence-electron chi connectivity index (χ4n) is 2.44. The van der Waals surface area contributed by atoms with E-state index in [9.17, 15) is 23.1 Å². The van der Waals surface area contributed by atoms with Crippen LogP contribution in [0.3, 0.4) is 0 Å². The first-order chi connectivity index (χ1) is 11.7. The van der Waals surface area contributed by atoms with E-state index >= 15 is 0 Å². The normalized spacial score (nSPS) is 12.9. The van der Waals surface area contributed by atoms with Gasteiger partial charge in [0.25, 0.3) is 5.91 Å². The van der Waals surface area contributed by atoms with Crippen molar-refractivity contribution in [2.75, 3.05) is 6.54 Å². The molecule has 0 saturated carbocycles. The van der Waals surface area contributed by atoms with Crippen LogP contribution in [-0.2, 0) is 19.6 Å². The fourth-order valence-corrected chi connectivity index (χ4v) is 2.44. The number of nitrogens with one attached hydrogen (secondary N) is 1. The van der Waals surface area contributed by atoms with Gasteiger partial charge in [0.05, 0.1) is 17.4 Å². The van der Waals surface area contributed by atoms with E-state index in [0.29, 0.717) is 5.69 Å². The number of halogens is 3. The van der Waals surface area contributed by atoms with Gasteiger partial charge >= 0.3 is 6.18 Å². The highest BCUT2D eigenvalue weighted by atomic mass is 19.4. The van der Waals surface area contributed by atoms with Gasteiger partial charge in [-0.3, -0.25) is 9.48 Å². The number of hydrogen-bond donors (Lipinski definition) is 2. The first kappa shape index (κ1) is 19.0. The molecule has 0 radical (unpaired) electrons. The number of benzene rings is 1. The van der Waals surface area contributed by atoms with Crippen LogP contribution in [-0.4, -0.2) is 27.3 Å². The molecule has 1 amide bonds. The van der Waals surface area contributed by atoms with Crippen LogP contribution in [0.25, 0.3) is 0 Å². The van der Waals surface area contributed by atoms with Crippen LogP contribution in [0, 0.1) is 0 Å². The maximum Gasteiger partial charge on any atom is 0.416 e. The van der Waals surface area contributed by atoms with Crippen molar-refractivity contribution in [3.05, 3.63) is 52.8 Å². The molecular weight excluding hydrogens is 335 g/mol. The molecule has 1 atom stereocenters. The lowest BCUT2D eigenvalue weighted by molar-refractivity contribution is -0.137. The van der Waals surface area contributed by atoms with E-state index in [4.69, 9.17) is 0 Å². The SMILES string of the molecule is CCCc1cc(C(=O)NCC(O)c2cccc(C(F)(F)F)c2)n(C)n1. The number of alkyl halides is 3. The lowest BCUT2D eigenvalue weighted by Crippen LogP contribution is -2.30. The molecule has 136 valence electrons. The Kier molecular flexibility index (Phi) is 5.84. The summed E-state index contributed by atoms with van der Waals surface area (Å²) in [7, 11) is 1.64. The van der Waals surface area contributed by atoms with E-state index in [1.165, 1.54) is 16.8 Å². The van der Waals surface area contributed by atoms with E-state index in [1.807, 2.05) is 6.92 Å². The van der Waals surface area contributed by atoms with Gasteiger partial charge in [0, 0.05) is 13.6 Å². The summed E-state index contributed by atoms with van der Waals surface area (Å²) in [4.78, 5) is 12.2. The molecule has 2 aromatic rings. The monoisotopic (exact) mass is 355 g/mol. The predicted octanol–water partition coefficient (Wildman–Crippen LogP) is 2.85. The quantitative estimate of drug-likeness (QED) is 0.837. The molecule has 8 heteroatoms. The van der Waals surface area contributed by atoms with Crippen molar-refractivity contribution in [1.82, 2.24) is 15.1 Å². The smallest absolute Gasteiger partial charge is 0.387 e. The summed E-state index contributed by atoms with van der Waals surface area (Å²) in [6, 6.07) is 6.08. The van der Waals surface area contributed by atoms with Crippen LogP contribution in [0.15, 0.2) is 30.3 Å². The summed E-state index contributed by atoms with van der Waals surface area (Å²) >= 11 is 0. The number of aryl methyl sites for hydroxylation is 2. The molecule has 0 aliphatic rings. The summed E-state index contributed by atoms with van der Waals surface area (Å²) in [6.45, 7) is 1.80. The molecule has 0 aliphatic heterocycles. The predicted molar refractivity (Wildman–Crippen MR) is 85.9 cm³/mol. The van der Waals surface area contributed by atoms with E-state index in [0.717, 1.165) is 30.7 Å². The summed E-state index contributed by atoms with van der Waals surface area (Å²) in [5.74, 6) is -0.441. The Labute approximate surface area is 143 Å². The molecule has 0 bridgehead atoms. The third-order valence-corrected chi connectivity index (χ3v) is 3.72. The van der Waals surface area contributed by atoms with Gasteiger partial charge in [0.2, 0.25) is 0 Å². The van der Waals surface area contributed by atoms with Crippen molar-refractivity contribution in [2.24, 2.45) is 7.05 Å². The average molecular weight is 355 g/mol. The Morgan fingerprint density at radius 2 is 2.08 bits per heavy atom. The maximum atomic E-state index is 12.7. The number of aliphatic hydroxyl groups excluding tert-OH is 1. The second-order valence-electron chi connectivity index (χ2n) is 5.74. The largest absolute Gasteiger partial charge is 0.416 e. The third-order valence-electron chi connectivity index (χ3n) is 3.72. The van der Waals surface area contributed by atoms with Crippen molar-refractivity contribution in [3.63, 3.8) is 0 Å². The maximum absolute atomic E-state index is 12.7. The number of amides is 1. The Morgan fingerprint density at radius 3 is 2.72 bits per heavy atom. The number of aliphatic hydroxyl groups is 1. The highest BCUT2D eigenvalue weighted by Gasteiger charge is 2.30. The van der Waals surface area contributed by atoms with Gasteiger partial charge in [-0.2, -0.15) is 18.3 Å². The Balaban J connectivity index is 2.02. The minimum atomic E-state index is -4.48. The van der Waals surface area contributed by atoms with Crippen LogP contribution in [0.5, 0.6) is 0 Å². The van der Waals surface area contributed by atoms with Crippen LogP contribution in [0.2, 0.25) is 0 Å². The van der Waals surface area contributed by atoms with Crippen LogP contribution >= 0.6 is 0 Å². The van der Waals surface area contributed by atoms with E-state index in [1.54, 1.807) is 13.1 Å². The summed E-state index contributed by atoms with van der Waals surface area (Å²) in [5, 5.41) is 16.8. The minimum absolute atomic E-state index is 0.0896. The fraction of sp³-hybridized carbons (Fsp3) is 0.412. The second-order valence-corrected chi connectivity index (χ2v) is 5.74. The standard InChI is InChI=1S/C17H20F3N3O2/c1-3-5-13-9-14(23(2)22-13)16(25)21-10-15(24)11-6-4-7-12(8-11)17(18,19)20/h4,6-9,15,24H,3,5,10H2,1-2H3,(H,21,25). The zero-order valence-corrected chi connectivity index (χ0v) is 14.0. The zero-order valence-electron chi connectivity index (χ0n) is 14.0. The Morgan fingerprint density at radius 1 is 1.36 bits per heavy atom. The van der Waals surface area contributed by atoms with Gasteiger partial charge in [-0.25, -0.2) is 0 Å². The van der Waals surface area contributed by atoms with Gasteiger partial charge in [0.1, 0.15) is 5.69 Å². The van der Waals surface area contributed by atoms with Gasteiger partial charge in [-0.15, -0.1) is 0 Å². The lowest BCUT2D eigenvalue weighted by atomic mass is 10.1. The molecular formula is C17H20F3N3O2. The number of aromatic nitrogens is 2. The van der Waals surface area contributed by atoms with Crippen molar-refractivity contribution >= 4 is 5.91 Å². The highest BCUT2D eigenvalue weighted by molar-refractivity contribution is 5.92. The van der Waals surface area contributed by atoms with Gasteiger partial charge in [-0.1, -0.05) is 25.5 Å². The third kappa shape index (κ3) is 4.82. The molecule has 1 heterocycles. The lowest BCUT2D eigenvalue weighted by Gasteiger charge is -2.14. The van der Waals surface area contributed by atoms with Crippen molar-refractivity contribution in [3.8, 4) is 0 Å². The van der Waals surface area contributed by atoms with Gasteiger partial charge in [0.15, 0.2) is 0 Å². The molecule has 2 N–H and O–H groups in total. The number of rotatable bonds is 6. The number of hydrogen-bond acceptors (Lipinski definition) is 3. The highest BCUT2D eigenvalue weighted by Crippen LogP contribution is 2.30. The van der Waals surface area contributed by atoms with Gasteiger partial charge < -0.3 is 10.4 Å². The molecule has 1 aromatic carbocycles. The van der Waals surface area contributed by atoms with Crippen molar-refractivity contribution in [2.45, 2.75) is 32.0 Å². The molecule has 0 aliphatic carbocycles. The number of carbonyl (C=O) groups is 1. The molecule has 1 aromatic heterocycles. The van der Waals surface area contributed by atoms with Gasteiger partial charge in [-0.05, 0) is 30.2 Å². The van der Waals surface area contributed by atoms with Crippen molar-refractivity contribution < 1.29 is 23.1 Å². The van der Waals surface area contributed by atoms with Crippen LogP contribution in [0.1, 0.15) is 46.8 Å². The van der Waals surface area contributed by atoms with Crippen molar-refractivity contribution in [1.29, 1.82) is 0 Å². The zero-order chi connectivity index (χ0) is 18.6. The van der Waals surface area contributed by atoms with E-state index in [-0.39, 0.29) is 12.1 Å². The average Bonchev–Trinajstić information content (AvgIpc) is 2.92. The minimum Gasteiger partial charge on any atom is -0.387 e. The van der Waals surface area contributed by atoms with Crippen LogP contribution in [0.4, 0.5) is 13.2 Å². The molecule has 1 unspecified atom stereocenters. The first-order valence-corrected chi connectivity index (χ1v) is 7.88. The topological polar surface area (TPSA) is 67.2 Å². The number of carbonyl (C=O) groups excluding carboxylic acids is 1. The second kappa shape index (κ2) is 7.69. The molecule has 0 saturated heterocycles. The first-order valence-electron chi connectivity index (χ1n) is 7.88. The molecule has 0 fully saturated rings. The summed E-state index contributed by atoms with van der Waals surface area (Å²) in [5.41, 5.74) is 0.367. The summed E-state index contributed by atoms with van der Waals surface area (Å²) < 4.78 is 39.6. The van der Waals surface area contributed by atoms with E-state index in [2.05, 4.69) is 10.4 Å². The molecule has 25 heavy (non-hydrogen) atoms. The Bertz CT molecular complexity index is 741. The Hall–Kier alpha value is -2.35. The molecule has 5 nitrogen and oxygen atoms in total. The summed E-state index contributed by atoms with van der Waals surface area (Å²) in [6.07, 6.45) is -4.08.